The normalized spacial score (nSPS) is 12.7. The summed E-state index contributed by atoms with van der Waals surface area (Å²) in [4.78, 5) is 11.0. The second-order valence-corrected chi connectivity index (χ2v) is 4.66. The van der Waals surface area contributed by atoms with E-state index in [-0.39, 0.29) is 0 Å². The lowest BCUT2D eigenvalue weighted by atomic mass is 10.3. The molecule has 1 unspecified atom stereocenters. The van der Waals surface area contributed by atoms with Gasteiger partial charge in [0.1, 0.15) is 6.04 Å². The van der Waals surface area contributed by atoms with Crippen LogP contribution in [0.2, 0.25) is 0 Å². The molecular formula is C11H14N4O2S. The second-order valence-electron chi connectivity index (χ2n) is 3.67. The van der Waals surface area contributed by atoms with E-state index in [4.69, 9.17) is 5.11 Å². The number of aliphatic carboxylic acids is 1. The van der Waals surface area contributed by atoms with Crippen molar-refractivity contribution < 1.29 is 9.90 Å². The van der Waals surface area contributed by atoms with Gasteiger partial charge < -0.3 is 10.4 Å². The number of hydrogen-bond acceptors (Lipinski definition) is 5. The van der Waals surface area contributed by atoms with Crippen molar-refractivity contribution in [1.82, 2.24) is 19.9 Å². The Morgan fingerprint density at radius 1 is 1.56 bits per heavy atom. The number of pyridine rings is 1. The summed E-state index contributed by atoms with van der Waals surface area (Å²) in [5.74, 6) is -0.433. The SMILES string of the molecule is CCNC(CSc1nnc2ccccn12)C(=O)O. The molecule has 1 atom stereocenters. The van der Waals surface area contributed by atoms with Crippen LogP contribution >= 0.6 is 11.8 Å². The molecule has 2 rings (SSSR count). The summed E-state index contributed by atoms with van der Waals surface area (Å²) in [5.41, 5.74) is 0.760. The van der Waals surface area contributed by atoms with E-state index < -0.39 is 12.0 Å². The van der Waals surface area contributed by atoms with E-state index in [9.17, 15) is 4.79 Å². The van der Waals surface area contributed by atoms with Crippen LogP contribution in [-0.4, -0.2) is 44.0 Å². The van der Waals surface area contributed by atoms with Gasteiger partial charge in [-0.15, -0.1) is 10.2 Å². The lowest BCUT2D eigenvalue weighted by molar-refractivity contribution is -0.138. The fraction of sp³-hybridized carbons (Fsp3) is 0.364. The highest BCUT2D eigenvalue weighted by Crippen LogP contribution is 2.17. The van der Waals surface area contributed by atoms with E-state index in [2.05, 4.69) is 15.5 Å². The number of carbonyl (C=O) groups is 1. The fourth-order valence-electron chi connectivity index (χ4n) is 1.54. The summed E-state index contributed by atoms with van der Waals surface area (Å²) >= 11 is 1.38. The first-order valence-electron chi connectivity index (χ1n) is 5.61. The molecule has 2 aromatic heterocycles. The van der Waals surface area contributed by atoms with Crippen LogP contribution in [0.4, 0.5) is 0 Å². The lowest BCUT2D eigenvalue weighted by Gasteiger charge is -2.11. The fourth-order valence-corrected chi connectivity index (χ4v) is 2.51. The summed E-state index contributed by atoms with van der Waals surface area (Å²) in [5, 5.41) is 20.7. The number of carboxylic acids is 1. The van der Waals surface area contributed by atoms with Crippen LogP contribution in [0.15, 0.2) is 29.6 Å². The molecule has 0 bridgehead atoms. The minimum Gasteiger partial charge on any atom is -0.480 e. The molecule has 96 valence electrons. The molecule has 0 saturated heterocycles. The van der Waals surface area contributed by atoms with Crippen LogP contribution in [0.3, 0.4) is 0 Å². The zero-order valence-electron chi connectivity index (χ0n) is 9.91. The van der Waals surface area contributed by atoms with Crippen molar-refractivity contribution in [2.45, 2.75) is 18.1 Å². The number of fused-ring (bicyclic) bond motifs is 1. The highest BCUT2D eigenvalue weighted by molar-refractivity contribution is 7.99. The van der Waals surface area contributed by atoms with E-state index in [0.717, 1.165) is 5.65 Å². The zero-order valence-corrected chi connectivity index (χ0v) is 10.7. The minimum atomic E-state index is -0.849. The second kappa shape index (κ2) is 5.83. The first-order chi connectivity index (χ1) is 8.72. The minimum absolute atomic E-state index is 0.416. The lowest BCUT2D eigenvalue weighted by Crippen LogP contribution is -2.38. The predicted octanol–water partition coefficient (Wildman–Crippen LogP) is 0.884. The van der Waals surface area contributed by atoms with Crippen LogP contribution in [0.25, 0.3) is 5.65 Å². The van der Waals surface area contributed by atoms with Crippen LogP contribution in [-0.2, 0) is 4.79 Å². The number of hydrogen-bond donors (Lipinski definition) is 2. The molecule has 6 nitrogen and oxygen atoms in total. The van der Waals surface area contributed by atoms with E-state index in [0.29, 0.717) is 17.5 Å². The first-order valence-corrected chi connectivity index (χ1v) is 6.59. The summed E-state index contributed by atoms with van der Waals surface area (Å²) in [6, 6.07) is 5.06. The van der Waals surface area contributed by atoms with Gasteiger partial charge in [-0.1, -0.05) is 24.8 Å². The number of thioether (sulfide) groups is 1. The van der Waals surface area contributed by atoms with Crippen LogP contribution < -0.4 is 5.32 Å². The Balaban J connectivity index is 2.07. The molecule has 2 heterocycles. The molecule has 18 heavy (non-hydrogen) atoms. The Labute approximate surface area is 108 Å². The maximum absolute atomic E-state index is 11.0. The molecule has 0 aliphatic heterocycles. The van der Waals surface area contributed by atoms with Gasteiger partial charge in [-0.2, -0.15) is 0 Å². The van der Waals surface area contributed by atoms with Crippen molar-refractivity contribution in [1.29, 1.82) is 0 Å². The van der Waals surface area contributed by atoms with Gasteiger partial charge in [0.05, 0.1) is 0 Å². The summed E-state index contributed by atoms with van der Waals surface area (Å²) in [6.45, 7) is 2.51. The highest BCUT2D eigenvalue weighted by Gasteiger charge is 2.17. The first kappa shape index (κ1) is 12.8. The third kappa shape index (κ3) is 2.80. The van der Waals surface area contributed by atoms with Crippen LogP contribution in [0.5, 0.6) is 0 Å². The summed E-state index contributed by atoms with van der Waals surface area (Å²) in [6.07, 6.45) is 1.86. The topological polar surface area (TPSA) is 79.5 Å². The standard InChI is InChI=1S/C11H14N4O2S/c1-2-12-8(10(16)17)7-18-11-14-13-9-5-3-4-6-15(9)11/h3-6,8,12H,2,7H2,1H3,(H,16,17). The Morgan fingerprint density at radius 3 is 3.11 bits per heavy atom. The molecule has 7 heteroatoms. The third-order valence-electron chi connectivity index (χ3n) is 2.41. The van der Waals surface area contributed by atoms with Crippen LogP contribution in [0.1, 0.15) is 6.92 Å². The number of aromatic nitrogens is 3. The quantitative estimate of drug-likeness (QED) is 0.756. The average Bonchev–Trinajstić information content (AvgIpc) is 2.77. The van der Waals surface area contributed by atoms with Gasteiger partial charge in [-0.05, 0) is 18.7 Å². The summed E-state index contributed by atoms with van der Waals surface area (Å²) < 4.78 is 1.84. The molecule has 0 aliphatic rings. The monoisotopic (exact) mass is 266 g/mol. The molecule has 0 spiro atoms. The Morgan fingerprint density at radius 2 is 2.39 bits per heavy atom. The van der Waals surface area contributed by atoms with Crippen LogP contribution in [0, 0.1) is 0 Å². The molecular weight excluding hydrogens is 252 g/mol. The Bertz CT molecular complexity index is 543. The van der Waals surface area contributed by atoms with E-state index in [1.165, 1.54) is 11.8 Å². The molecule has 0 fully saturated rings. The largest absolute Gasteiger partial charge is 0.480 e. The maximum atomic E-state index is 11.0. The van der Waals surface area contributed by atoms with Gasteiger partial charge in [0.25, 0.3) is 0 Å². The van der Waals surface area contributed by atoms with Gasteiger partial charge in [0.2, 0.25) is 0 Å². The molecule has 0 amide bonds. The van der Waals surface area contributed by atoms with Crippen molar-refractivity contribution in [3.8, 4) is 0 Å². The Kier molecular flexibility index (Phi) is 4.16. The Hall–Kier alpha value is -1.60. The molecule has 2 N–H and O–H groups in total. The van der Waals surface area contributed by atoms with E-state index >= 15 is 0 Å². The molecule has 0 radical (unpaired) electrons. The highest BCUT2D eigenvalue weighted by atomic mass is 32.2. The van der Waals surface area contributed by atoms with Gasteiger partial charge >= 0.3 is 5.97 Å². The number of rotatable bonds is 6. The molecule has 2 aromatic rings. The number of carboxylic acid groups (broad SMARTS) is 1. The van der Waals surface area contributed by atoms with Gasteiger partial charge in [0.15, 0.2) is 10.8 Å². The zero-order chi connectivity index (χ0) is 13.0. The van der Waals surface area contributed by atoms with Gasteiger partial charge in [-0.3, -0.25) is 9.20 Å². The number of nitrogens with zero attached hydrogens (tertiary/aromatic N) is 3. The van der Waals surface area contributed by atoms with Crippen molar-refractivity contribution in [3.05, 3.63) is 24.4 Å². The van der Waals surface area contributed by atoms with E-state index in [1.54, 1.807) is 0 Å². The van der Waals surface area contributed by atoms with Gasteiger partial charge in [0, 0.05) is 11.9 Å². The van der Waals surface area contributed by atoms with E-state index in [1.807, 2.05) is 35.7 Å². The van der Waals surface area contributed by atoms with Crippen molar-refractivity contribution in [2.75, 3.05) is 12.3 Å². The molecule has 0 aromatic carbocycles. The number of likely N-dealkylation sites (N-methyl/N-ethyl adjacent to an activating group) is 1. The van der Waals surface area contributed by atoms with Crippen molar-refractivity contribution in [3.63, 3.8) is 0 Å². The third-order valence-corrected chi connectivity index (χ3v) is 3.45. The van der Waals surface area contributed by atoms with Gasteiger partial charge in [-0.25, -0.2) is 0 Å². The molecule has 0 saturated carbocycles. The van der Waals surface area contributed by atoms with Crippen molar-refractivity contribution >= 4 is 23.4 Å². The van der Waals surface area contributed by atoms with Crippen molar-refractivity contribution in [2.24, 2.45) is 0 Å². The summed E-state index contributed by atoms with van der Waals surface area (Å²) in [7, 11) is 0. The number of nitrogens with one attached hydrogen (secondary N) is 1. The predicted molar refractivity (Wildman–Crippen MR) is 68.8 cm³/mol. The maximum Gasteiger partial charge on any atom is 0.321 e. The average molecular weight is 266 g/mol. The molecule has 0 aliphatic carbocycles. The smallest absolute Gasteiger partial charge is 0.321 e.